The van der Waals surface area contributed by atoms with Crippen LogP contribution in [0.4, 0.5) is 5.69 Å². The Kier molecular flexibility index (Phi) is 8.69. The number of anilines is 1. The maximum atomic E-state index is 13.5. The SMILES string of the molecule is CC[C@@H](C(=O)NC)N(Cc1ccccc1C)C(=O)CN(c1cccc(Cl)c1C)S(C)(=O)=O. The Morgan fingerprint density at radius 1 is 1.09 bits per heavy atom. The average Bonchev–Trinajstić information content (AvgIpc) is 2.74. The van der Waals surface area contributed by atoms with E-state index in [0.717, 1.165) is 21.7 Å². The molecule has 0 radical (unpaired) electrons. The monoisotopic (exact) mass is 479 g/mol. The largest absolute Gasteiger partial charge is 0.357 e. The van der Waals surface area contributed by atoms with Crippen LogP contribution < -0.4 is 9.62 Å². The van der Waals surface area contributed by atoms with Crippen molar-refractivity contribution in [2.45, 2.75) is 39.8 Å². The zero-order valence-corrected chi connectivity index (χ0v) is 20.6. The number of benzene rings is 2. The number of rotatable bonds is 9. The first-order chi connectivity index (χ1) is 15.0. The summed E-state index contributed by atoms with van der Waals surface area (Å²) in [5.74, 6) is -0.784. The third-order valence-corrected chi connectivity index (χ3v) is 6.96. The number of carbonyl (C=O) groups excluding carboxylic acids is 2. The summed E-state index contributed by atoms with van der Waals surface area (Å²) in [5, 5.41) is 3.00. The van der Waals surface area contributed by atoms with E-state index in [2.05, 4.69) is 5.32 Å². The molecule has 0 unspecified atom stereocenters. The van der Waals surface area contributed by atoms with Crippen LogP contribution in [0.15, 0.2) is 42.5 Å². The van der Waals surface area contributed by atoms with E-state index in [0.29, 0.717) is 22.7 Å². The van der Waals surface area contributed by atoms with Gasteiger partial charge in [0, 0.05) is 18.6 Å². The highest BCUT2D eigenvalue weighted by Crippen LogP contribution is 2.28. The van der Waals surface area contributed by atoms with Crippen molar-refractivity contribution in [1.29, 1.82) is 0 Å². The quantitative estimate of drug-likeness (QED) is 0.598. The number of amides is 2. The Balaban J connectivity index is 2.49. The standard InChI is InChI=1S/C23H30ClN3O4S/c1-6-20(23(29)25-4)26(14-18-11-8-7-10-16(18)2)22(28)15-27(32(5,30)31)21-13-9-12-19(24)17(21)3/h7-13,20H,6,14-15H2,1-5H3,(H,25,29)/t20-/m0/s1. The Morgan fingerprint density at radius 2 is 1.75 bits per heavy atom. The molecule has 0 bridgehead atoms. The van der Waals surface area contributed by atoms with Gasteiger partial charge in [0.15, 0.2) is 0 Å². The second kappa shape index (κ2) is 10.8. The Bertz CT molecular complexity index is 1090. The number of aryl methyl sites for hydroxylation is 1. The third kappa shape index (κ3) is 6.01. The van der Waals surface area contributed by atoms with Crippen LogP contribution in [0.2, 0.25) is 5.02 Å². The topological polar surface area (TPSA) is 86.8 Å². The van der Waals surface area contributed by atoms with Crippen LogP contribution in [-0.2, 0) is 26.2 Å². The first-order valence-corrected chi connectivity index (χ1v) is 12.5. The molecule has 2 amide bonds. The number of nitrogens with one attached hydrogen (secondary N) is 1. The number of nitrogens with zero attached hydrogens (tertiary/aromatic N) is 2. The molecule has 0 saturated carbocycles. The second-order valence-electron chi connectivity index (χ2n) is 7.64. The molecule has 0 aromatic heterocycles. The average molecular weight is 480 g/mol. The van der Waals surface area contributed by atoms with Crippen LogP contribution >= 0.6 is 11.6 Å². The highest BCUT2D eigenvalue weighted by molar-refractivity contribution is 7.92. The molecule has 9 heteroatoms. The third-order valence-electron chi connectivity index (χ3n) is 5.42. The van der Waals surface area contributed by atoms with Crippen LogP contribution in [0, 0.1) is 13.8 Å². The van der Waals surface area contributed by atoms with Gasteiger partial charge in [-0.2, -0.15) is 0 Å². The lowest BCUT2D eigenvalue weighted by Gasteiger charge is -2.33. The zero-order chi connectivity index (χ0) is 24.1. The minimum absolute atomic E-state index is 0.184. The molecule has 0 aliphatic heterocycles. The van der Waals surface area contributed by atoms with Gasteiger partial charge < -0.3 is 10.2 Å². The fraction of sp³-hybridized carbons (Fsp3) is 0.391. The second-order valence-corrected chi connectivity index (χ2v) is 9.95. The summed E-state index contributed by atoms with van der Waals surface area (Å²) >= 11 is 6.20. The molecule has 2 rings (SSSR count). The van der Waals surface area contributed by atoms with Gasteiger partial charge in [0.05, 0.1) is 11.9 Å². The molecule has 0 spiro atoms. The maximum Gasteiger partial charge on any atom is 0.244 e. The minimum atomic E-state index is -3.80. The minimum Gasteiger partial charge on any atom is -0.357 e. The van der Waals surface area contributed by atoms with Gasteiger partial charge in [-0.25, -0.2) is 8.42 Å². The van der Waals surface area contributed by atoms with Crippen molar-refractivity contribution in [2.24, 2.45) is 0 Å². The normalized spacial score (nSPS) is 12.2. The van der Waals surface area contributed by atoms with Crippen molar-refractivity contribution in [3.8, 4) is 0 Å². The molecule has 0 saturated heterocycles. The van der Waals surface area contributed by atoms with Crippen molar-refractivity contribution in [3.05, 3.63) is 64.2 Å². The van der Waals surface area contributed by atoms with Gasteiger partial charge in [-0.05, 0) is 49.1 Å². The molecule has 174 valence electrons. The van der Waals surface area contributed by atoms with Crippen LogP contribution in [0.5, 0.6) is 0 Å². The summed E-state index contributed by atoms with van der Waals surface area (Å²) in [5.41, 5.74) is 2.74. The summed E-state index contributed by atoms with van der Waals surface area (Å²) in [6.45, 7) is 5.18. The van der Waals surface area contributed by atoms with Crippen LogP contribution in [0.1, 0.15) is 30.0 Å². The van der Waals surface area contributed by atoms with E-state index in [1.165, 1.54) is 11.9 Å². The molecule has 1 atom stereocenters. The van der Waals surface area contributed by atoms with Crippen LogP contribution in [-0.4, -0.2) is 51.0 Å². The highest BCUT2D eigenvalue weighted by atomic mass is 35.5. The van der Waals surface area contributed by atoms with E-state index in [1.54, 1.807) is 25.1 Å². The molecule has 1 N–H and O–H groups in total. The van der Waals surface area contributed by atoms with E-state index in [9.17, 15) is 18.0 Å². The van der Waals surface area contributed by atoms with E-state index < -0.39 is 28.5 Å². The molecular formula is C23H30ClN3O4S. The lowest BCUT2D eigenvalue weighted by Crippen LogP contribution is -2.51. The smallest absolute Gasteiger partial charge is 0.244 e. The van der Waals surface area contributed by atoms with Crippen LogP contribution in [0.25, 0.3) is 0 Å². The molecule has 2 aromatic rings. The summed E-state index contributed by atoms with van der Waals surface area (Å²) in [6, 6.07) is 11.7. The summed E-state index contributed by atoms with van der Waals surface area (Å²) in [4.78, 5) is 27.5. The fourth-order valence-corrected chi connectivity index (χ4v) is 4.59. The highest BCUT2D eigenvalue weighted by Gasteiger charge is 2.32. The summed E-state index contributed by atoms with van der Waals surface area (Å²) in [6.07, 6.45) is 1.43. The van der Waals surface area contributed by atoms with Gasteiger partial charge >= 0.3 is 0 Å². The lowest BCUT2D eigenvalue weighted by molar-refractivity contribution is -0.140. The molecular weight excluding hydrogens is 450 g/mol. The lowest BCUT2D eigenvalue weighted by atomic mass is 10.1. The molecule has 0 aliphatic carbocycles. The van der Waals surface area contributed by atoms with Crippen molar-refractivity contribution in [2.75, 3.05) is 24.2 Å². The molecule has 0 aliphatic rings. The molecule has 0 heterocycles. The Labute approximate surface area is 195 Å². The van der Waals surface area contributed by atoms with Gasteiger partial charge in [0.1, 0.15) is 12.6 Å². The van der Waals surface area contributed by atoms with E-state index in [1.807, 2.05) is 38.1 Å². The number of likely N-dealkylation sites (N-methyl/N-ethyl adjacent to an activating group) is 1. The first-order valence-electron chi connectivity index (χ1n) is 10.3. The van der Waals surface area contributed by atoms with Gasteiger partial charge in [-0.15, -0.1) is 0 Å². The summed E-state index contributed by atoms with van der Waals surface area (Å²) < 4.78 is 26.3. The van der Waals surface area contributed by atoms with Crippen molar-refractivity contribution >= 4 is 39.1 Å². The van der Waals surface area contributed by atoms with Crippen LogP contribution in [0.3, 0.4) is 0 Å². The number of halogens is 1. The van der Waals surface area contributed by atoms with Crippen molar-refractivity contribution < 1.29 is 18.0 Å². The number of hydrogen-bond acceptors (Lipinski definition) is 4. The van der Waals surface area contributed by atoms with E-state index in [4.69, 9.17) is 11.6 Å². The summed E-state index contributed by atoms with van der Waals surface area (Å²) in [7, 11) is -2.28. The van der Waals surface area contributed by atoms with Gasteiger partial charge in [0.2, 0.25) is 21.8 Å². The van der Waals surface area contributed by atoms with Crippen molar-refractivity contribution in [1.82, 2.24) is 10.2 Å². The molecule has 7 nitrogen and oxygen atoms in total. The van der Waals surface area contributed by atoms with E-state index >= 15 is 0 Å². The Hall–Kier alpha value is -2.58. The molecule has 2 aromatic carbocycles. The number of sulfonamides is 1. The molecule has 0 fully saturated rings. The van der Waals surface area contributed by atoms with E-state index in [-0.39, 0.29) is 12.5 Å². The van der Waals surface area contributed by atoms with Gasteiger partial charge in [-0.1, -0.05) is 48.9 Å². The maximum absolute atomic E-state index is 13.5. The first kappa shape index (κ1) is 25.7. The number of hydrogen-bond donors (Lipinski definition) is 1. The van der Waals surface area contributed by atoms with Gasteiger partial charge in [-0.3, -0.25) is 13.9 Å². The Morgan fingerprint density at radius 3 is 2.31 bits per heavy atom. The number of carbonyl (C=O) groups is 2. The fourth-order valence-electron chi connectivity index (χ4n) is 3.52. The zero-order valence-electron chi connectivity index (χ0n) is 19.1. The predicted octanol–water partition coefficient (Wildman–Crippen LogP) is 3.28. The van der Waals surface area contributed by atoms with Crippen molar-refractivity contribution in [3.63, 3.8) is 0 Å². The predicted molar refractivity (Wildman–Crippen MR) is 128 cm³/mol. The molecule has 32 heavy (non-hydrogen) atoms. The van der Waals surface area contributed by atoms with Gasteiger partial charge in [0.25, 0.3) is 0 Å².